The smallest absolute Gasteiger partial charge is 0.169 e. The van der Waals surface area contributed by atoms with Crippen molar-refractivity contribution in [2.24, 2.45) is 0 Å². The lowest BCUT2D eigenvalue weighted by molar-refractivity contribution is 0.102. The molecule has 0 aliphatic rings. The highest BCUT2D eigenvalue weighted by atomic mass is 32.1. The summed E-state index contributed by atoms with van der Waals surface area (Å²) in [5.74, 6) is 0.114. The minimum Gasteiger partial charge on any atom is -0.294 e. The summed E-state index contributed by atoms with van der Waals surface area (Å²) in [5.41, 5.74) is 3.45. The highest BCUT2D eigenvalue weighted by molar-refractivity contribution is 7.15. The topological polar surface area (TPSA) is 17.1 Å². The Hall–Kier alpha value is -2.45. The summed E-state index contributed by atoms with van der Waals surface area (Å²) in [5, 5.41) is 0. The van der Waals surface area contributed by atoms with E-state index in [2.05, 4.69) is 30.3 Å². The molecule has 0 aliphatic heterocycles. The first kappa shape index (κ1) is 14.5. The van der Waals surface area contributed by atoms with E-state index in [4.69, 9.17) is 0 Å². The SMILES string of the molecule is CC(=O)c1ccc(/C(=C/c2ccccc2)c2ccccc2)s1. The molecule has 0 spiro atoms. The van der Waals surface area contributed by atoms with Gasteiger partial charge in [0, 0.05) is 4.88 Å². The van der Waals surface area contributed by atoms with Crippen molar-refractivity contribution in [3.8, 4) is 0 Å². The Morgan fingerprint density at radius 3 is 2.00 bits per heavy atom. The van der Waals surface area contributed by atoms with Gasteiger partial charge in [0.15, 0.2) is 5.78 Å². The average molecular weight is 304 g/mol. The van der Waals surface area contributed by atoms with Gasteiger partial charge in [-0.05, 0) is 41.8 Å². The first-order valence-corrected chi connectivity index (χ1v) is 7.99. The lowest BCUT2D eigenvalue weighted by atomic mass is 10.0. The number of carbonyl (C=O) groups excluding carboxylic acids is 1. The first-order valence-electron chi connectivity index (χ1n) is 7.17. The van der Waals surface area contributed by atoms with Crippen LogP contribution in [0.15, 0.2) is 72.8 Å². The predicted octanol–water partition coefficient (Wildman–Crippen LogP) is 5.54. The molecule has 3 rings (SSSR count). The van der Waals surface area contributed by atoms with Crippen LogP contribution in [-0.2, 0) is 0 Å². The fourth-order valence-corrected chi connectivity index (χ4v) is 3.24. The van der Waals surface area contributed by atoms with Crippen molar-refractivity contribution in [2.45, 2.75) is 6.92 Å². The number of hydrogen-bond donors (Lipinski definition) is 0. The van der Waals surface area contributed by atoms with E-state index < -0.39 is 0 Å². The van der Waals surface area contributed by atoms with Gasteiger partial charge in [0.25, 0.3) is 0 Å². The fourth-order valence-electron chi connectivity index (χ4n) is 2.30. The Bertz CT molecular complexity index is 798. The van der Waals surface area contributed by atoms with Crippen molar-refractivity contribution in [3.63, 3.8) is 0 Å². The minimum absolute atomic E-state index is 0.114. The van der Waals surface area contributed by atoms with Crippen LogP contribution in [0.4, 0.5) is 0 Å². The van der Waals surface area contributed by atoms with Gasteiger partial charge in [-0.15, -0.1) is 11.3 Å². The lowest BCUT2D eigenvalue weighted by Crippen LogP contribution is -1.86. The van der Waals surface area contributed by atoms with Gasteiger partial charge in [0.2, 0.25) is 0 Å². The summed E-state index contributed by atoms with van der Waals surface area (Å²) in [6.45, 7) is 1.61. The standard InChI is InChI=1S/C20H16OS/c1-15(21)19-12-13-20(22-19)18(17-10-6-3-7-11-17)14-16-8-4-2-5-9-16/h2-14H,1H3/b18-14+. The number of Topliss-reactive ketones (excluding diaryl/α,β-unsaturated/α-hetero) is 1. The predicted molar refractivity (Wildman–Crippen MR) is 94.2 cm³/mol. The van der Waals surface area contributed by atoms with E-state index in [9.17, 15) is 4.79 Å². The van der Waals surface area contributed by atoms with Crippen LogP contribution in [-0.4, -0.2) is 5.78 Å². The molecule has 0 saturated heterocycles. The molecule has 0 aliphatic carbocycles. The van der Waals surface area contributed by atoms with Crippen LogP contribution < -0.4 is 0 Å². The van der Waals surface area contributed by atoms with E-state index in [0.717, 1.165) is 26.5 Å². The highest BCUT2D eigenvalue weighted by Crippen LogP contribution is 2.31. The van der Waals surface area contributed by atoms with Gasteiger partial charge in [-0.3, -0.25) is 4.79 Å². The number of hydrogen-bond acceptors (Lipinski definition) is 2. The van der Waals surface area contributed by atoms with Crippen molar-refractivity contribution >= 4 is 28.8 Å². The molecule has 1 aromatic heterocycles. The lowest BCUT2D eigenvalue weighted by Gasteiger charge is -2.06. The molecule has 0 atom stereocenters. The molecule has 0 N–H and O–H groups in total. The van der Waals surface area contributed by atoms with Crippen LogP contribution >= 0.6 is 11.3 Å². The maximum atomic E-state index is 11.6. The molecule has 0 fully saturated rings. The van der Waals surface area contributed by atoms with Crippen molar-refractivity contribution < 1.29 is 4.79 Å². The van der Waals surface area contributed by atoms with E-state index in [1.165, 1.54) is 0 Å². The number of carbonyl (C=O) groups is 1. The fraction of sp³-hybridized carbons (Fsp3) is 0.0500. The molecular weight excluding hydrogens is 288 g/mol. The second-order valence-corrected chi connectivity index (χ2v) is 6.14. The van der Waals surface area contributed by atoms with E-state index in [1.807, 2.05) is 48.5 Å². The summed E-state index contributed by atoms with van der Waals surface area (Å²) in [7, 11) is 0. The zero-order chi connectivity index (χ0) is 15.4. The summed E-state index contributed by atoms with van der Waals surface area (Å²) < 4.78 is 0. The molecule has 0 saturated carbocycles. The Kier molecular flexibility index (Phi) is 4.31. The van der Waals surface area contributed by atoms with Crippen LogP contribution in [0.1, 0.15) is 32.6 Å². The van der Waals surface area contributed by atoms with Gasteiger partial charge in [-0.2, -0.15) is 0 Å². The van der Waals surface area contributed by atoms with Crippen LogP contribution in [0, 0.1) is 0 Å². The first-order chi connectivity index (χ1) is 10.7. The summed E-state index contributed by atoms with van der Waals surface area (Å²) >= 11 is 1.55. The van der Waals surface area contributed by atoms with E-state index in [1.54, 1.807) is 18.3 Å². The summed E-state index contributed by atoms with van der Waals surface area (Å²) in [4.78, 5) is 13.5. The third-order valence-electron chi connectivity index (χ3n) is 3.41. The van der Waals surface area contributed by atoms with Crippen molar-refractivity contribution in [1.29, 1.82) is 0 Å². The number of thiophene rings is 1. The second-order valence-electron chi connectivity index (χ2n) is 5.05. The third-order valence-corrected chi connectivity index (χ3v) is 4.63. The molecule has 1 nitrogen and oxygen atoms in total. The van der Waals surface area contributed by atoms with Crippen LogP contribution in [0.2, 0.25) is 0 Å². The van der Waals surface area contributed by atoms with Crippen molar-refractivity contribution in [2.75, 3.05) is 0 Å². The van der Waals surface area contributed by atoms with E-state index >= 15 is 0 Å². The number of benzene rings is 2. The van der Waals surface area contributed by atoms with Gasteiger partial charge in [-0.1, -0.05) is 60.7 Å². The monoisotopic (exact) mass is 304 g/mol. The molecule has 0 amide bonds. The zero-order valence-electron chi connectivity index (χ0n) is 12.3. The molecule has 2 aromatic carbocycles. The van der Waals surface area contributed by atoms with Crippen molar-refractivity contribution in [1.82, 2.24) is 0 Å². The molecule has 1 heterocycles. The Balaban J connectivity index is 2.11. The van der Waals surface area contributed by atoms with Crippen LogP contribution in [0.5, 0.6) is 0 Å². The van der Waals surface area contributed by atoms with Crippen LogP contribution in [0.3, 0.4) is 0 Å². The highest BCUT2D eigenvalue weighted by Gasteiger charge is 2.10. The molecular formula is C20H16OS. The molecule has 2 heteroatoms. The number of rotatable bonds is 4. The number of ketones is 1. The normalized spacial score (nSPS) is 11.4. The maximum absolute atomic E-state index is 11.6. The van der Waals surface area contributed by atoms with E-state index in [-0.39, 0.29) is 5.78 Å². The van der Waals surface area contributed by atoms with Gasteiger partial charge < -0.3 is 0 Å². The summed E-state index contributed by atoms with van der Waals surface area (Å²) in [6.07, 6.45) is 2.17. The maximum Gasteiger partial charge on any atom is 0.169 e. The second kappa shape index (κ2) is 6.54. The molecule has 0 bridgehead atoms. The average Bonchev–Trinajstić information content (AvgIpc) is 3.04. The molecule has 108 valence electrons. The van der Waals surface area contributed by atoms with Gasteiger partial charge in [0.05, 0.1) is 4.88 Å². The quantitative estimate of drug-likeness (QED) is 0.457. The largest absolute Gasteiger partial charge is 0.294 e. The molecule has 0 radical (unpaired) electrons. The molecule has 3 aromatic rings. The van der Waals surface area contributed by atoms with Crippen LogP contribution in [0.25, 0.3) is 11.6 Å². The zero-order valence-corrected chi connectivity index (χ0v) is 13.1. The Morgan fingerprint density at radius 2 is 1.41 bits per heavy atom. The van der Waals surface area contributed by atoms with Gasteiger partial charge in [-0.25, -0.2) is 0 Å². The molecule has 0 unspecified atom stereocenters. The third kappa shape index (κ3) is 3.23. The Morgan fingerprint density at radius 1 is 0.818 bits per heavy atom. The van der Waals surface area contributed by atoms with Gasteiger partial charge in [0.1, 0.15) is 0 Å². The Labute approximate surface area is 134 Å². The summed E-state index contributed by atoms with van der Waals surface area (Å²) in [6, 6.07) is 24.5. The molecule has 22 heavy (non-hydrogen) atoms. The van der Waals surface area contributed by atoms with E-state index in [0.29, 0.717) is 0 Å². The minimum atomic E-state index is 0.114. The van der Waals surface area contributed by atoms with Gasteiger partial charge >= 0.3 is 0 Å². The van der Waals surface area contributed by atoms with Crippen molar-refractivity contribution in [3.05, 3.63) is 93.7 Å².